The van der Waals surface area contributed by atoms with Crippen molar-refractivity contribution in [3.05, 3.63) is 30.1 Å². The Kier molecular flexibility index (Phi) is 5.06. The predicted molar refractivity (Wildman–Crippen MR) is 92.6 cm³/mol. The Morgan fingerprint density at radius 3 is 3.00 bits per heavy atom. The Bertz CT molecular complexity index is 565. The molecule has 0 N–H and O–H groups in total. The number of hydrogen-bond donors (Lipinski definition) is 0. The van der Waals surface area contributed by atoms with Crippen LogP contribution in [-0.4, -0.2) is 79.6 Å². The average Bonchev–Trinajstić information content (AvgIpc) is 3.12. The van der Waals surface area contributed by atoms with E-state index in [1.54, 1.807) is 11.1 Å². The summed E-state index contributed by atoms with van der Waals surface area (Å²) in [6.45, 7) is 5.12. The first kappa shape index (κ1) is 17.2. The minimum absolute atomic E-state index is 0.122. The molecule has 0 unspecified atom stereocenters. The van der Waals surface area contributed by atoms with E-state index < -0.39 is 0 Å². The number of pyridine rings is 1. The highest BCUT2D eigenvalue weighted by Gasteiger charge is 2.50. The quantitative estimate of drug-likeness (QED) is 0.839. The van der Waals surface area contributed by atoms with E-state index >= 15 is 0 Å². The first-order valence-electron chi connectivity index (χ1n) is 8.62. The van der Waals surface area contributed by atoms with Gasteiger partial charge < -0.3 is 19.4 Å². The molecule has 2 aliphatic rings. The second kappa shape index (κ2) is 7.07. The van der Waals surface area contributed by atoms with Gasteiger partial charge in [0.05, 0.1) is 13.2 Å². The third kappa shape index (κ3) is 3.54. The molecular formula is C18H28N4O2. The van der Waals surface area contributed by atoms with Crippen molar-refractivity contribution in [2.24, 2.45) is 11.3 Å². The standard InChI is InChI=1S/C18H28N4O2/c1-20(2)17(23)22-8-6-18(14-22)13-21(3)10-16(18)12-24-11-15-5-4-7-19-9-15/h4-5,7,9,16H,6,8,10-14H2,1-3H3/t16-,18+/m0/s1. The van der Waals surface area contributed by atoms with E-state index in [0.29, 0.717) is 12.5 Å². The maximum Gasteiger partial charge on any atom is 0.319 e. The Hall–Kier alpha value is -1.66. The lowest BCUT2D eigenvalue weighted by molar-refractivity contribution is 0.0524. The van der Waals surface area contributed by atoms with Crippen molar-refractivity contribution >= 4 is 6.03 Å². The van der Waals surface area contributed by atoms with Crippen LogP contribution in [0, 0.1) is 11.3 Å². The fourth-order valence-electron chi connectivity index (χ4n) is 4.14. The zero-order valence-electron chi connectivity index (χ0n) is 14.9. The third-order valence-corrected chi connectivity index (χ3v) is 5.33. The fraction of sp³-hybridized carbons (Fsp3) is 0.667. The van der Waals surface area contributed by atoms with Gasteiger partial charge >= 0.3 is 6.03 Å². The monoisotopic (exact) mass is 332 g/mol. The Labute approximate surface area is 144 Å². The van der Waals surface area contributed by atoms with Gasteiger partial charge in [0.15, 0.2) is 0 Å². The van der Waals surface area contributed by atoms with E-state index in [1.807, 2.05) is 37.3 Å². The highest BCUT2D eigenvalue weighted by Crippen LogP contribution is 2.43. The van der Waals surface area contributed by atoms with Crippen molar-refractivity contribution in [2.45, 2.75) is 13.0 Å². The number of amides is 2. The normalized spacial score (nSPS) is 27.1. The van der Waals surface area contributed by atoms with Gasteiger partial charge in [-0.1, -0.05) is 6.07 Å². The van der Waals surface area contributed by atoms with Gasteiger partial charge in [0.1, 0.15) is 0 Å². The van der Waals surface area contributed by atoms with Crippen LogP contribution in [0.1, 0.15) is 12.0 Å². The van der Waals surface area contributed by atoms with Crippen LogP contribution < -0.4 is 0 Å². The summed E-state index contributed by atoms with van der Waals surface area (Å²) in [5.41, 5.74) is 1.28. The van der Waals surface area contributed by atoms with Crippen molar-refractivity contribution in [1.29, 1.82) is 0 Å². The van der Waals surface area contributed by atoms with Gasteiger partial charge in [0.25, 0.3) is 0 Å². The Morgan fingerprint density at radius 2 is 2.29 bits per heavy atom. The predicted octanol–water partition coefficient (Wildman–Crippen LogP) is 1.53. The molecule has 2 aliphatic heterocycles. The topological polar surface area (TPSA) is 48.9 Å². The molecule has 6 nitrogen and oxygen atoms in total. The molecule has 2 saturated heterocycles. The summed E-state index contributed by atoms with van der Waals surface area (Å²) in [6.07, 6.45) is 4.70. The minimum Gasteiger partial charge on any atom is -0.376 e. The molecule has 2 amide bonds. The van der Waals surface area contributed by atoms with E-state index in [4.69, 9.17) is 4.74 Å². The lowest BCUT2D eigenvalue weighted by Gasteiger charge is -2.31. The summed E-state index contributed by atoms with van der Waals surface area (Å²) in [5.74, 6) is 0.471. The van der Waals surface area contributed by atoms with Gasteiger partial charge in [-0.05, 0) is 25.1 Å². The summed E-state index contributed by atoms with van der Waals surface area (Å²) >= 11 is 0. The number of hydrogen-bond acceptors (Lipinski definition) is 4. The lowest BCUT2D eigenvalue weighted by atomic mass is 9.77. The molecule has 24 heavy (non-hydrogen) atoms. The molecule has 1 aromatic heterocycles. The van der Waals surface area contributed by atoms with Crippen molar-refractivity contribution in [2.75, 3.05) is 53.9 Å². The largest absolute Gasteiger partial charge is 0.376 e. The first-order chi connectivity index (χ1) is 11.5. The molecule has 6 heteroatoms. The molecule has 2 fully saturated rings. The van der Waals surface area contributed by atoms with E-state index in [2.05, 4.69) is 16.9 Å². The Balaban J connectivity index is 1.59. The SMILES string of the molecule is CN1C[C@@H](COCc2cccnc2)[C@]2(CCN(C(=O)N(C)C)C2)C1. The van der Waals surface area contributed by atoms with Crippen LogP contribution in [0.2, 0.25) is 0 Å². The third-order valence-electron chi connectivity index (χ3n) is 5.33. The van der Waals surface area contributed by atoms with Crippen molar-refractivity contribution in [1.82, 2.24) is 19.7 Å². The van der Waals surface area contributed by atoms with Crippen molar-refractivity contribution < 1.29 is 9.53 Å². The number of aromatic nitrogens is 1. The number of likely N-dealkylation sites (tertiary alicyclic amines) is 2. The lowest BCUT2D eigenvalue weighted by Crippen LogP contribution is -2.41. The average molecular weight is 332 g/mol. The van der Waals surface area contributed by atoms with E-state index in [-0.39, 0.29) is 11.4 Å². The number of ether oxygens (including phenoxy) is 1. The van der Waals surface area contributed by atoms with E-state index in [0.717, 1.165) is 44.8 Å². The van der Waals surface area contributed by atoms with E-state index in [9.17, 15) is 4.79 Å². The molecule has 0 radical (unpaired) electrons. The second-order valence-corrected chi connectivity index (χ2v) is 7.48. The molecule has 132 valence electrons. The maximum atomic E-state index is 12.3. The van der Waals surface area contributed by atoms with Crippen LogP contribution in [0.15, 0.2) is 24.5 Å². The molecule has 0 bridgehead atoms. The van der Waals surface area contributed by atoms with Crippen molar-refractivity contribution in [3.8, 4) is 0 Å². The van der Waals surface area contributed by atoms with Gasteiger partial charge in [-0.25, -0.2) is 4.79 Å². The molecular weight excluding hydrogens is 304 g/mol. The van der Waals surface area contributed by atoms with Crippen LogP contribution >= 0.6 is 0 Å². The summed E-state index contributed by atoms with van der Waals surface area (Å²) in [7, 11) is 5.81. The molecule has 1 spiro atoms. The summed E-state index contributed by atoms with van der Waals surface area (Å²) in [6, 6.07) is 4.10. The zero-order valence-corrected chi connectivity index (χ0v) is 14.9. The minimum atomic E-state index is 0.122. The van der Waals surface area contributed by atoms with Crippen LogP contribution in [0.3, 0.4) is 0 Å². The van der Waals surface area contributed by atoms with Gasteiger partial charge in [-0.15, -0.1) is 0 Å². The number of carbonyl (C=O) groups excluding carboxylic acids is 1. The van der Waals surface area contributed by atoms with Crippen LogP contribution in [0.4, 0.5) is 4.79 Å². The molecule has 1 aromatic rings. The number of urea groups is 1. The Morgan fingerprint density at radius 1 is 1.46 bits per heavy atom. The first-order valence-corrected chi connectivity index (χ1v) is 8.62. The molecule has 3 heterocycles. The van der Waals surface area contributed by atoms with Gasteiger partial charge in [0, 0.05) is 64.0 Å². The molecule has 0 saturated carbocycles. The van der Waals surface area contributed by atoms with Crippen molar-refractivity contribution in [3.63, 3.8) is 0 Å². The highest BCUT2D eigenvalue weighted by molar-refractivity contribution is 5.74. The summed E-state index contributed by atoms with van der Waals surface area (Å²) in [4.78, 5) is 22.4. The number of nitrogens with zero attached hydrogens (tertiary/aromatic N) is 4. The molecule has 0 aromatic carbocycles. The second-order valence-electron chi connectivity index (χ2n) is 7.48. The van der Waals surface area contributed by atoms with Gasteiger partial charge in [-0.3, -0.25) is 4.98 Å². The molecule has 3 rings (SSSR count). The van der Waals surface area contributed by atoms with Crippen LogP contribution in [0.5, 0.6) is 0 Å². The number of rotatable bonds is 4. The molecule has 0 aliphatic carbocycles. The van der Waals surface area contributed by atoms with Gasteiger partial charge in [0.2, 0.25) is 0 Å². The van der Waals surface area contributed by atoms with Gasteiger partial charge in [-0.2, -0.15) is 0 Å². The number of carbonyl (C=O) groups is 1. The zero-order chi connectivity index (χ0) is 17.2. The fourth-order valence-corrected chi connectivity index (χ4v) is 4.14. The summed E-state index contributed by atoms with van der Waals surface area (Å²) < 4.78 is 6.00. The smallest absolute Gasteiger partial charge is 0.319 e. The van der Waals surface area contributed by atoms with E-state index in [1.165, 1.54) is 0 Å². The summed E-state index contributed by atoms with van der Waals surface area (Å²) in [5, 5.41) is 0. The van der Waals surface area contributed by atoms with Crippen LogP contribution in [0.25, 0.3) is 0 Å². The highest BCUT2D eigenvalue weighted by atomic mass is 16.5. The molecule has 2 atom stereocenters. The van der Waals surface area contributed by atoms with Crippen LogP contribution in [-0.2, 0) is 11.3 Å². The maximum absolute atomic E-state index is 12.3.